The number of nitrogens with one attached hydrogen (secondary N) is 3. The van der Waals surface area contributed by atoms with Crippen LogP contribution in [-0.2, 0) is 12.3 Å². The van der Waals surface area contributed by atoms with Crippen LogP contribution in [0.4, 0.5) is 19.3 Å². The first-order valence-corrected chi connectivity index (χ1v) is 9.92. The summed E-state index contributed by atoms with van der Waals surface area (Å²) < 4.78 is 30.0. The van der Waals surface area contributed by atoms with E-state index in [4.69, 9.17) is 4.42 Å². The van der Waals surface area contributed by atoms with Crippen LogP contribution >= 0.6 is 11.8 Å². The zero-order chi connectivity index (χ0) is 19.2. The largest absolute Gasteiger partial charge is 0.464 e. The van der Waals surface area contributed by atoms with Crippen LogP contribution in [0.1, 0.15) is 42.9 Å². The van der Waals surface area contributed by atoms with Gasteiger partial charge in [0, 0.05) is 17.8 Å². The molecule has 3 N–H and O–H groups in total. The van der Waals surface area contributed by atoms with Gasteiger partial charge in [0.1, 0.15) is 11.5 Å². The Labute approximate surface area is 161 Å². The van der Waals surface area contributed by atoms with Gasteiger partial charge in [0.25, 0.3) is 5.76 Å². The van der Waals surface area contributed by atoms with Crippen molar-refractivity contribution in [1.29, 1.82) is 0 Å². The quantitative estimate of drug-likeness (QED) is 0.567. The van der Waals surface area contributed by atoms with E-state index in [9.17, 15) is 13.6 Å². The third-order valence-electron chi connectivity index (χ3n) is 4.23. The van der Waals surface area contributed by atoms with Crippen LogP contribution in [0.5, 0.6) is 0 Å². The van der Waals surface area contributed by atoms with Gasteiger partial charge >= 0.3 is 6.03 Å². The lowest BCUT2D eigenvalue weighted by Gasteiger charge is -2.14. The molecule has 0 spiro atoms. The molecule has 1 fully saturated rings. The van der Waals surface area contributed by atoms with Gasteiger partial charge in [-0.05, 0) is 49.6 Å². The number of rotatable bonds is 9. The van der Waals surface area contributed by atoms with Gasteiger partial charge in [-0.1, -0.05) is 23.9 Å². The number of furan rings is 1. The van der Waals surface area contributed by atoms with E-state index in [1.54, 1.807) is 12.1 Å². The predicted octanol–water partition coefficient (Wildman–Crippen LogP) is 4.87. The average molecular weight is 395 g/mol. The van der Waals surface area contributed by atoms with Crippen LogP contribution in [0.2, 0.25) is 0 Å². The number of hydrogen-bond donors (Lipinski definition) is 3. The van der Waals surface area contributed by atoms with Crippen molar-refractivity contribution in [3.63, 3.8) is 0 Å². The van der Waals surface area contributed by atoms with Crippen LogP contribution in [0.3, 0.4) is 0 Å². The van der Waals surface area contributed by atoms with Gasteiger partial charge in [-0.15, -0.1) is 0 Å². The van der Waals surface area contributed by atoms with Crippen molar-refractivity contribution >= 4 is 23.5 Å². The second kappa shape index (κ2) is 9.23. The van der Waals surface area contributed by atoms with Crippen molar-refractivity contribution in [2.24, 2.45) is 0 Å². The zero-order valence-electron chi connectivity index (χ0n) is 15.0. The van der Waals surface area contributed by atoms with Gasteiger partial charge in [0.15, 0.2) is 0 Å². The Balaban J connectivity index is 1.44. The van der Waals surface area contributed by atoms with Gasteiger partial charge in [-0.25, -0.2) is 4.79 Å². The first-order chi connectivity index (χ1) is 13.0. The summed E-state index contributed by atoms with van der Waals surface area (Å²) in [5.74, 6) is -0.976. The summed E-state index contributed by atoms with van der Waals surface area (Å²) in [6, 6.07) is 11.4. The fourth-order valence-electron chi connectivity index (χ4n) is 2.55. The molecule has 1 unspecified atom stereocenters. The van der Waals surface area contributed by atoms with Crippen molar-refractivity contribution < 1.29 is 18.0 Å². The molecule has 2 amide bonds. The molecule has 0 aliphatic heterocycles. The van der Waals surface area contributed by atoms with Crippen molar-refractivity contribution in [3.05, 3.63) is 53.5 Å². The van der Waals surface area contributed by atoms with Crippen LogP contribution in [0.15, 0.2) is 40.8 Å². The third-order valence-corrected chi connectivity index (χ3v) is 4.94. The molecule has 1 saturated carbocycles. The first-order valence-electron chi connectivity index (χ1n) is 8.88. The molecule has 27 heavy (non-hydrogen) atoms. The van der Waals surface area contributed by atoms with Crippen LogP contribution in [-0.4, -0.2) is 17.8 Å². The number of hydrogen-bond acceptors (Lipinski definition) is 4. The normalized spacial score (nSPS) is 15.0. The summed E-state index contributed by atoms with van der Waals surface area (Å²) >= 11 is 0.549. The molecule has 1 heterocycles. The Morgan fingerprint density at radius 3 is 2.56 bits per heavy atom. The molecule has 0 saturated heterocycles. The van der Waals surface area contributed by atoms with Gasteiger partial charge < -0.3 is 20.4 Å². The highest BCUT2D eigenvalue weighted by atomic mass is 32.2. The summed E-state index contributed by atoms with van der Waals surface area (Å²) in [6.07, 6.45) is 2.11. The monoisotopic (exact) mass is 395 g/mol. The van der Waals surface area contributed by atoms with Gasteiger partial charge in [-0.2, -0.15) is 8.78 Å². The number of alkyl halides is 2. The van der Waals surface area contributed by atoms with E-state index < -0.39 is 5.76 Å². The molecule has 146 valence electrons. The number of carbonyl (C=O) groups is 1. The van der Waals surface area contributed by atoms with Gasteiger partial charge in [0.2, 0.25) is 0 Å². The van der Waals surface area contributed by atoms with Crippen LogP contribution in [0.25, 0.3) is 0 Å². The van der Waals surface area contributed by atoms with Crippen molar-refractivity contribution in [3.8, 4) is 0 Å². The number of amides is 2. The molecule has 1 aliphatic carbocycles. The maximum Gasteiger partial charge on any atom is 0.319 e. The molecular weight excluding hydrogens is 372 g/mol. The Kier molecular flexibility index (Phi) is 6.73. The molecule has 5 nitrogen and oxygen atoms in total. The first kappa shape index (κ1) is 19.7. The average Bonchev–Trinajstić information content (AvgIpc) is 3.33. The minimum atomic E-state index is -2.39. The van der Waals surface area contributed by atoms with E-state index in [2.05, 4.69) is 16.0 Å². The van der Waals surface area contributed by atoms with Crippen molar-refractivity contribution in [2.75, 3.05) is 5.32 Å². The predicted molar refractivity (Wildman–Crippen MR) is 103 cm³/mol. The third kappa shape index (κ3) is 6.55. The number of halogens is 2. The van der Waals surface area contributed by atoms with Crippen molar-refractivity contribution in [2.45, 2.75) is 49.9 Å². The molecule has 0 bridgehead atoms. The van der Waals surface area contributed by atoms with E-state index in [-0.39, 0.29) is 17.8 Å². The molecular formula is C19H23F2N3O2S. The van der Waals surface area contributed by atoms with E-state index in [1.165, 1.54) is 0 Å². The summed E-state index contributed by atoms with van der Waals surface area (Å²) in [6.45, 7) is 2.53. The standard InChI is InChI=1S/C19H23F2N3O2S/c1-12(22-10-16-8-9-17(26-16)11-27-18(20)21)13-2-4-14(5-3-13)23-19(25)24-15-6-7-15/h2-5,8-9,12,15,18,22H,6-7,10-11H2,1H3,(H2,23,24,25). The number of anilines is 1. The molecule has 2 aromatic rings. The van der Waals surface area contributed by atoms with Crippen molar-refractivity contribution in [1.82, 2.24) is 10.6 Å². The highest BCUT2D eigenvalue weighted by Crippen LogP contribution is 2.22. The number of thioether (sulfide) groups is 1. The Hall–Kier alpha value is -2.06. The highest BCUT2D eigenvalue weighted by molar-refractivity contribution is 7.98. The topological polar surface area (TPSA) is 66.3 Å². The Bertz CT molecular complexity index is 748. The molecule has 8 heteroatoms. The lowest BCUT2D eigenvalue weighted by Crippen LogP contribution is -2.30. The summed E-state index contributed by atoms with van der Waals surface area (Å²) in [5, 5.41) is 9.04. The van der Waals surface area contributed by atoms with Crippen LogP contribution in [0, 0.1) is 0 Å². The maximum absolute atomic E-state index is 12.2. The van der Waals surface area contributed by atoms with E-state index >= 15 is 0 Å². The summed E-state index contributed by atoms with van der Waals surface area (Å²) in [4.78, 5) is 11.7. The molecule has 1 aromatic heterocycles. The maximum atomic E-state index is 12.2. The molecule has 1 aromatic carbocycles. The van der Waals surface area contributed by atoms with E-state index in [0.717, 1.165) is 24.1 Å². The molecule has 1 aliphatic rings. The number of benzene rings is 1. The molecule has 3 rings (SSSR count). The number of carbonyl (C=O) groups excluding carboxylic acids is 1. The Morgan fingerprint density at radius 1 is 1.19 bits per heavy atom. The lowest BCUT2D eigenvalue weighted by molar-refractivity contribution is 0.251. The molecule has 0 radical (unpaired) electrons. The molecule has 1 atom stereocenters. The fraction of sp³-hybridized carbons (Fsp3) is 0.421. The Morgan fingerprint density at radius 2 is 1.89 bits per heavy atom. The lowest BCUT2D eigenvalue weighted by atomic mass is 10.1. The minimum Gasteiger partial charge on any atom is -0.464 e. The number of urea groups is 1. The smallest absolute Gasteiger partial charge is 0.319 e. The summed E-state index contributed by atoms with van der Waals surface area (Å²) in [5.41, 5.74) is 1.82. The zero-order valence-corrected chi connectivity index (χ0v) is 15.8. The second-order valence-electron chi connectivity index (χ2n) is 6.54. The van der Waals surface area contributed by atoms with Gasteiger partial charge in [0.05, 0.1) is 12.3 Å². The highest BCUT2D eigenvalue weighted by Gasteiger charge is 2.23. The minimum absolute atomic E-state index is 0.0725. The van der Waals surface area contributed by atoms with Gasteiger partial charge in [-0.3, -0.25) is 0 Å². The van der Waals surface area contributed by atoms with Crippen LogP contribution < -0.4 is 16.0 Å². The van der Waals surface area contributed by atoms with E-state index in [0.29, 0.717) is 35.9 Å². The second-order valence-corrected chi connectivity index (χ2v) is 7.52. The van der Waals surface area contributed by atoms with E-state index in [1.807, 2.05) is 31.2 Å². The fourth-order valence-corrected chi connectivity index (χ4v) is 2.99. The summed E-state index contributed by atoms with van der Waals surface area (Å²) in [7, 11) is 0. The SMILES string of the molecule is CC(NCc1ccc(CSC(F)F)o1)c1ccc(NC(=O)NC2CC2)cc1.